The molecule has 4 rings (SSSR count). The van der Waals surface area contributed by atoms with Crippen LogP contribution in [0.2, 0.25) is 0 Å². The summed E-state index contributed by atoms with van der Waals surface area (Å²) in [5, 5.41) is 12.2. The van der Waals surface area contributed by atoms with Gasteiger partial charge in [-0.1, -0.05) is 12.1 Å². The molecule has 3 atom stereocenters. The van der Waals surface area contributed by atoms with E-state index in [-0.39, 0.29) is 36.7 Å². The molecule has 1 fully saturated rings. The smallest absolute Gasteiger partial charge is 0.323 e. The van der Waals surface area contributed by atoms with Crippen LogP contribution in [0.1, 0.15) is 54.4 Å². The summed E-state index contributed by atoms with van der Waals surface area (Å²) in [6.07, 6.45) is 2.00. The van der Waals surface area contributed by atoms with E-state index in [0.29, 0.717) is 59.9 Å². The molecule has 1 aromatic carbocycles. The predicted molar refractivity (Wildman–Crippen MR) is 132 cm³/mol. The van der Waals surface area contributed by atoms with E-state index in [1.807, 2.05) is 6.92 Å². The summed E-state index contributed by atoms with van der Waals surface area (Å²) in [7, 11) is 1.75. The number of benzene rings is 1. The first kappa shape index (κ1) is 25.5. The zero-order chi connectivity index (χ0) is 25.8. The van der Waals surface area contributed by atoms with Crippen LogP contribution >= 0.6 is 0 Å². The number of carbonyl (C=O) groups is 3. The number of hydrogen-bond acceptors (Lipinski definition) is 7. The van der Waals surface area contributed by atoms with Crippen LogP contribution in [-0.2, 0) is 9.53 Å². The Labute approximate surface area is 209 Å². The third-order valence-electron chi connectivity index (χ3n) is 6.53. The van der Waals surface area contributed by atoms with Crippen LogP contribution in [0.5, 0.6) is 5.75 Å². The van der Waals surface area contributed by atoms with E-state index in [2.05, 4.69) is 21.1 Å². The zero-order valence-corrected chi connectivity index (χ0v) is 21.1. The van der Waals surface area contributed by atoms with Gasteiger partial charge in [-0.25, -0.2) is 4.79 Å². The van der Waals surface area contributed by atoms with Gasteiger partial charge in [0.1, 0.15) is 29.8 Å². The van der Waals surface area contributed by atoms with Gasteiger partial charge in [-0.3, -0.25) is 9.59 Å². The number of nitrogens with zero attached hydrogens (tertiary/aromatic N) is 2. The number of likely N-dealkylation sites (N-methyl/N-ethyl adjacent to an activating group) is 1. The molecule has 3 N–H and O–H groups in total. The molecule has 2 aliphatic rings. The number of hydrogen-bond donors (Lipinski definition) is 3. The third kappa shape index (κ3) is 5.62. The summed E-state index contributed by atoms with van der Waals surface area (Å²) < 4.78 is 17.3. The number of urea groups is 1. The predicted octanol–water partition coefficient (Wildman–Crippen LogP) is 3.23. The molecule has 0 bridgehead atoms. The molecule has 2 aromatic rings. The van der Waals surface area contributed by atoms with Gasteiger partial charge in [-0.2, -0.15) is 0 Å². The fraction of sp³-hybridized carbons (Fsp3) is 0.520. The second-order valence-electron chi connectivity index (χ2n) is 9.21. The normalized spacial score (nSPS) is 21.4. The first-order chi connectivity index (χ1) is 17.3. The van der Waals surface area contributed by atoms with Crippen LogP contribution < -0.4 is 20.7 Å². The quantitative estimate of drug-likeness (QED) is 0.555. The number of aryl methyl sites for hydroxylation is 2. The third-order valence-corrected chi connectivity index (χ3v) is 6.53. The van der Waals surface area contributed by atoms with E-state index < -0.39 is 6.03 Å². The number of aromatic nitrogens is 1. The van der Waals surface area contributed by atoms with Crippen LogP contribution in [-0.4, -0.2) is 66.4 Å². The molecular weight excluding hydrogens is 466 g/mol. The molecule has 1 saturated heterocycles. The zero-order valence-electron chi connectivity index (χ0n) is 21.1. The van der Waals surface area contributed by atoms with Crippen LogP contribution in [0.3, 0.4) is 0 Å². The van der Waals surface area contributed by atoms with Crippen molar-refractivity contribution >= 4 is 29.2 Å². The Morgan fingerprint density at radius 2 is 2.00 bits per heavy atom. The first-order valence-electron chi connectivity index (χ1n) is 12.2. The number of fused-ring (bicyclic) bond motifs is 2. The van der Waals surface area contributed by atoms with Gasteiger partial charge in [0.15, 0.2) is 5.76 Å². The Bertz CT molecular complexity index is 1110. The van der Waals surface area contributed by atoms with E-state index in [4.69, 9.17) is 14.0 Å². The lowest BCUT2D eigenvalue weighted by Gasteiger charge is -2.42. The number of anilines is 2. The van der Waals surface area contributed by atoms with Crippen molar-refractivity contribution in [2.75, 3.05) is 30.8 Å². The van der Waals surface area contributed by atoms with E-state index in [1.54, 1.807) is 44.0 Å². The molecule has 0 spiro atoms. The van der Waals surface area contributed by atoms with Gasteiger partial charge in [-0.05, 0) is 51.3 Å². The average molecular weight is 500 g/mol. The van der Waals surface area contributed by atoms with E-state index in [1.165, 1.54) is 0 Å². The van der Waals surface area contributed by atoms with Crippen molar-refractivity contribution in [2.24, 2.45) is 0 Å². The van der Waals surface area contributed by atoms with Gasteiger partial charge >= 0.3 is 6.03 Å². The molecule has 0 radical (unpaired) electrons. The molecule has 0 unspecified atom stereocenters. The van der Waals surface area contributed by atoms with E-state index >= 15 is 0 Å². The van der Waals surface area contributed by atoms with Crippen molar-refractivity contribution in [3.63, 3.8) is 0 Å². The molecular formula is C25H33N5O6. The largest absolute Gasteiger partial charge is 0.490 e. The van der Waals surface area contributed by atoms with Gasteiger partial charge in [-0.15, -0.1) is 0 Å². The Hall–Kier alpha value is -3.60. The van der Waals surface area contributed by atoms with Crippen LogP contribution in [0, 0.1) is 13.8 Å². The van der Waals surface area contributed by atoms with Crippen LogP contribution in [0.4, 0.5) is 16.2 Å². The fourth-order valence-corrected chi connectivity index (χ4v) is 4.59. The van der Waals surface area contributed by atoms with Crippen LogP contribution in [0.15, 0.2) is 22.7 Å². The lowest BCUT2D eigenvalue weighted by molar-refractivity contribution is -0.134. The van der Waals surface area contributed by atoms with Crippen LogP contribution in [0.25, 0.3) is 0 Å². The highest BCUT2D eigenvalue weighted by Crippen LogP contribution is 2.32. The van der Waals surface area contributed by atoms with Crippen molar-refractivity contribution in [3.05, 3.63) is 35.2 Å². The van der Waals surface area contributed by atoms with Gasteiger partial charge in [0.25, 0.3) is 5.91 Å². The second-order valence-corrected chi connectivity index (χ2v) is 9.21. The molecule has 3 heterocycles. The van der Waals surface area contributed by atoms with Crippen molar-refractivity contribution in [1.29, 1.82) is 0 Å². The van der Waals surface area contributed by atoms with Crippen molar-refractivity contribution in [1.82, 2.24) is 15.4 Å². The molecule has 11 nitrogen and oxygen atoms in total. The number of nitrogens with one attached hydrogen (secondary N) is 3. The molecule has 11 heteroatoms. The van der Waals surface area contributed by atoms with E-state index in [0.717, 1.165) is 6.42 Å². The van der Waals surface area contributed by atoms with Gasteiger partial charge in [0.2, 0.25) is 5.91 Å². The summed E-state index contributed by atoms with van der Waals surface area (Å²) in [5.74, 6) is 0.657. The fourth-order valence-electron chi connectivity index (χ4n) is 4.59. The minimum atomic E-state index is -0.480. The average Bonchev–Trinajstić information content (AvgIpc) is 3.17. The van der Waals surface area contributed by atoms with Crippen molar-refractivity contribution in [2.45, 2.75) is 64.7 Å². The molecule has 1 aromatic heterocycles. The molecule has 2 aliphatic heterocycles. The molecule has 0 saturated carbocycles. The standard InChI is InChI=1S/C25H33N5O6/c1-5-10-26-22(31)12-17-7-8-19-21(35-17)13-34-20-9-6-16(11-18(20)24(32)30(19)4)27-25(33)28-23-14(2)29-36-15(23)3/h6,9,11,17,19,21H,5,7-8,10,12-13H2,1-4H3,(H,26,31)(H2,27,28,33)/t17-,19+,21-/m1/s1. The summed E-state index contributed by atoms with van der Waals surface area (Å²) in [5.41, 5.74) is 1.87. The Balaban J connectivity index is 1.44. The summed E-state index contributed by atoms with van der Waals surface area (Å²) >= 11 is 0. The monoisotopic (exact) mass is 499 g/mol. The minimum Gasteiger partial charge on any atom is -0.490 e. The van der Waals surface area contributed by atoms with Gasteiger partial charge in [0, 0.05) is 19.3 Å². The second kappa shape index (κ2) is 11.0. The number of amides is 4. The number of ether oxygens (including phenoxy) is 2. The minimum absolute atomic E-state index is 0.0275. The van der Waals surface area contributed by atoms with Crippen molar-refractivity contribution < 1.29 is 28.4 Å². The number of rotatable bonds is 6. The van der Waals surface area contributed by atoms with Gasteiger partial charge in [0.05, 0.1) is 24.1 Å². The molecule has 4 amide bonds. The Kier molecular flexibility index (Phi) is 7.78. The number of carbonyl (C=O) groups excluding carboxylic acids is 3. The van der Waals surface area contributed by atoms with Gasteiger partial charge < -0.3 is 34.8 Å². The Morgan fingerprint density at radius 1 is 1.19 bits per heavy atom. The maximum atomic E-state index is 13.4. The lowest BCUT2D eigenvalue weighted by Crippen LogP contribution is -2.54. The molecule has 0 aliphatic carbocycles. The molecule has 194 valence electrons. The summed E-state index contributed by atoms with van der Waals surface area (Å²) in [6, 6.07) is 4.27. The SMILES string of the molecule is CCCNC(=O)C[C@H]1CC[C@H]2[C@@H](COc3ccc(NC(=O)Nc4c(C)noc4C)cc3C(=O)N2C)O1. The summed E-state index contributed by atoms with van der Waals surface area (Å²) in [6.45, 7) is 6.34. The maximum absolute atomic E-state index is 13.4. The van der Waals surface area contributed by atoms with Crippen molar-refractivity contribution in [3.8, 4) is 5.75 Å². The highest BCUT2D eigenvalue weighted by Gasteiger charge is 2.39. The first-order valence-corrected chi connectivity index (χ1v) is 12.2. The lowest BCUT2D eigenvalue weighted by atomic mass is 9.94. The highest BCUT2D eigenvalue weighted by atomic mass is 16.5. The Morgan fingerprint density at radius 3 is 2.72 bits per heavy atom. The molecule has 36 heavy (non-hydrogen) atoms. The maximum Gasteiger partial charge on any atom is 0.323 e. The summed E-state index contributed by atoms with van der Waals surface area (Å²) in [4.78, 5) is 39.7. The topological polar surface area (TPSA) is 135 Å². The highest BCUT2D eigenvalue weighted by molar-refractivity contribution is 6.03. The van der Waals surface area contributed by atoms with E-state index in [9.17, 15) is 14.4 Å².